The van der Waals surface area contributed by atoms with Crippen molar-refractivity contribution < 1.29 is 9.90 Å². The van der Waals surface area contributed by atoms with Crippen molar-refractivity contribution in [2.75, 3.05) is 5.32 Å². The van der Waals surface area contributed by atoms with Gasteiger partial charge < -0.3 is 10.4 Å². The number of aromatic nitrogens is 1. The summed E-state index contributed by atoms with van der Waals surface area (Å²) in [5, 5.41) is 12.8. The highest BCUT2D eigenvalue weighted by molar-refractivity contribution is 7.12. The van der Waals surface area contributed by atoms with Gasteiger partial charge in [-0.1, -0.05) is 0 Å². The second kappa shape index (κ2) is 4.85. The molecule has 2 rings (SSSR count). The third kappa shape index (κ3) is 2.65. The van der Waals surface area contributed by atoms with E-state index in [0.717, 1.165) is 0 Å². The van der Waals surface area contributed by atoms with Crippen LogP contribution in [0.2, 0.25) is 0 Å². The van der Waals surface area contributed by atoms with Crippen LogP contribution in [0.15, 0.2) is 12.1 Å². The lowest BCUT2D eigenvalue weighted by molar-refractivity contribution is 0.0697. The van der Waals surface area contributed by atoms with Gasteiger partial charge in [-0.3, -0.25) is 0 Å². The van der Waals surface area contributed by atoms with Crippen molar-refractivity contribution in [1.82, 2.24) is 4.37 Å². The Labute approximate surface area is 107 Å². The molecule has 0 aromatic carbocycles. The third-order valence-corrected chi connectivity index (χ3v) is 4.19. The van der Waals surface area contributed by atoms with Crippen LogP contribution in [0, 0.1) is 13.8 Å². The number of aromatic carboxylic acids is 1. The molecule has 0 spiro atoms. The molecule has 0 atom stereocenters. The molecule has 6 heteroatoms. The van der Waals surface area contributed by atoms with Crippen LogP contribution in [0.4, 0.5) is 5.00 Å². The number of rotatable bonds is 4. The van der Waals surface area contributed by atoms with E-state index in [1.165, 1.54) is 21.3 Å². The van der Waals surface area contributed by atoms with Gasteiger partial charge in [-0.05, 0) is 37.5 Å². The molecule has 0 bridgehead atoms. The van der Waals surface area contributed by atoms with Crippen LogP contribution in [-0.2, 0) is 6.54 Å². The number of carbonyl (C=O) groups is 1. The first kappa shape index (κ1) is 12.1. The van der Waals surface area contributed by atoms with Gasteiger partial charge in [0.15, 0.2) is 0 Å². The first-order valence-corrected chi connectivity index (χ1v) is 6.65. The van der Waals surface area contributed by atoms with E-state index in [-0.39, 0.29) is 5.56 Å². The van der Waals surface area contributed by atoms with Crippen molar-refractivity contribution in [3.63, 3.8) is 0 Å². The summed E-state index contributed by atoms with van der Waals surface area (Å²) in [6.45, 7) is 4.40. The van der Waals surface area contributed by atoms with Gasteiger partial charge in [0.2, 0.25) is 0 Å². The van der Waals surface area contributed by atoms with Crippen molar-refractivity contribution in [2.24, 2.45) is 0 Å². The number of hydrogen-bond acceptors (Lipinski definition) is 5. The fourth-order valence-electron chi connectivity index (χ4n) is 1.49. The lowest BCUT2D eigenvalue weighted by Gasteiger charge is -2.02. The molecule has 0 saturated carbocycles. The molecule has 2 heterocycles. The molecule has 0 amide bonds. The van der Waals surface area contributed by atoms with Crippen molar-refractivity contribution in [1.29, 1.82) is 0 Å². The molecule has 2 N–H and O–H groups in total. The molecule has 0 aliphatic rings. The highest BCUT2D eigenvalue weighted by atomic mass is 32.1. The van der Waals surface area contributed by atoms with Crippen LogP contribution in [0.1, 0.15) is 25.8 Å². The number of nitrogens with zero attached hydrogens (tertiary/aromatic N) is 1. The molecule has 0 unspecified atom stereocenters. The Hall–Kier alpha value is -1.40. The molecule has 2 aromatic heterocycles. The van der Waals surface area contributed by atoms with Crippen LogP contribution in [0.3, 0.4) is 0 Å². The summed E-state index contributed by atoms with van der Waals surface area (Å²) in [6.07, 6.45) is 0. The molecule has 0 radical (unpaired) electrons. The maximum absolute atomic E-state index is 11.0. The average molecular weight is 268 g/mol. The Morgan fingerprint density at radius 1 is 1.47 bits per heavy atom. The van der Waals surface area contributed by atoms with Crippen LogP contribution >= 0.6 is 22.9 Å². The van der Waals surface area contributed by atoms with E-state index in [4.69, 9.17) is 5.11 Å². The minimum atomic E-state index is -0.930. The van der Waals surface area contributed by atoms with E-state index in [2.05, 4.69) is 15.8 Å². The Kier molecular flexibility index (Phi) is 3.44. The number of aryl methyl sites for hydroxylation is 2. The Morgan fingerprint density at radius 2 is 2.24 bits per heavy atom. The number of thiophene rings is 1. The molecular formula is C11H12N2O2S2. The summed E-state index contributed by atoms with van der Waals surface area (Å²) in [5.41, 5.74) is 0.843. The van der Waals surface area contributed by atoms with Gasteiger partial charge >= 0.3 is 5.97 Å². The summed E-state index contributed by atoms with van der Waals surface area (Å²) in [6, 6.07) is 4.10. The Balaban J connectivity index is 2.11. The second-order valence-electron chi connectivity index (χ2n) is 3.64. The summed E-state index contributed by atoms with van der Waals surface area (Å²) in [4.78, 5) is 13.5. The lowest BCUT2D eigenvalue weighted by Crippen LogP contribution is -2.04. The minimum Gasteiger partial charge on any atom is -0.478 e. The van der Waals surface area contributed by atoms with Crippen molar-refractivity contribution in [3.05, 3.63) is 33.1 Å². The van der Waals surface area contributed by atoms with E-state index in [1.54, 1.807) is 18.3 Å². The van der Waals surface area contributed by atoms with Crippen LogP contribution < -0.4 is 5.32 Å². The molecule has 0 aliphatic heterocycles. The van der Waals surface area contributed by atoms with E-state index in [1.807, 2.05) is 13.0 Å². The predicted octanol–water partition coefficient (Wildman–Crippen LogP) is 3.13. The maximum atomic E-state index is 11.0. The van der Waals surface area contributed by atoms with Gasteiger partial charge in [0.05, 0.1) is 12.2 Å². The average Bonchev–Trinajstić information content (AvgIpc) is 2.82. The van der Waals surface area contributed by atoms with E-state index >= 15 is 0 Å². The lowest BCUT2D eigenvalue weighted by atomic mass is 10.2. The molecule has 0 aliphatic carbocycles. The van der Waals surface area contributed by atoms with E-state index in [9.17, 15) is 4.79 Å². The zero-order chi connectivity index (χ0) is 12.4. The quantitative estimate of drug-likeness (QED) is 0.894. The highest BCUT2D eigenvalue weighted by Gasteiger charge is 2.17. The zero-order valence-corrected chi connectivity index (χ0v) is 11.1. The molecule has 2 aromatic rings. The molecule has 0 fully saturated rings. The summed E-state index contributed by atoms with van der Waals surface area (Å²) in [5.74, 6) is -0.930. The van der Waals surface area contributed by atoms with Crippen LogP contribution in [-0.4, -0.2) is 15.4 Å². The van der Waals surface area contributed by atoms with E-state index in [0.29, 0.717) is 17.2 Å². The topological polar surface area (TPSA) is 62.2 Å². The standard InChI is InChI=1S/C11H12N2O2S2/c1-6-3-4-8(16-6)5-12-10-9(11(14)15)7(2)13-17-10/h3-4,12H,5H2,1-2H3,(H,14,15). The van der Waals surface area contributed by atoms with Crippen molar-refractivity contribution in [3.8, 4) is 0 Å². The first-order valence-electron chi connectivity index (χ1n) is 5.06. The number of nitrogens with one attached hydrogen (secondary N) is 1. The van der Waals surface area contributed by atoms with Gasteiger partial charge in [-0.15, -0.1) is 11.3 Å². The number of carboxylic acid groups (broad SMARTS) is 1. The summed E-state index contributed by atoms with van der Waals surface area (Å²) >= 11 is 2.90. The van der Waals surface area contributed by atoms with Gasteiger partial charge in [0, 0.05) is 9.75 Å². The SMILES string of the molecule is Cc1ccc(CNc2snc(C)c2C(=O)O)s1. The summed E-state index contributed by atoms with van der Waals surface area (Å²) in [7, 11) is 0. The van der Waals surface area contributed by atoms with E-state index < -0.39 is 5.97 Å². The van der Waals surface area contributed by atoms with Crippen molar-refractivity contribution in [2.45, 2.75) is 20.4 Å². The Morgan fingerprint density at radius 3 is 2.82 bits per heavy atom. The maximum Gasteiger partial charge on any atom is 0.340 e. The van der Waals surface area contributed by atoms with Gasteiger partial charge in [-0.2, -0.15) is 4.37 Å². The van der Waals surface area contributed by atoms with Gasteiger partial charge in [0.25, 0.3) is 0 Å². The molecule has 4 nitrogen and oxygen atoms in total. The Bertz CT molecular complexity index is 545. The summed E-state index contributed by atoms with van der Waals surface area (Å²) < 4.78 is 4.06. The van der Waals surface area contributed by atoms with Crippen LogP contribution in [0.5, 0.6) is 0 Å². The minimum absolute atomic E-state index is 0.281. The largest absolute Gasteiger partial charge is 0.478 e. The fourth-order valence-corrected chi connectivity index (χ4v) is 3.10. The highest BCUT2D eigenvalue weighted by Crippen LogP contribution is 2.25. The second-order valence-corrected chi connectivity index (χ2v) is 5.79. The fraction of sp³-hybridized carbons (Fsp3) is 0.273. The molecule has 0 saturated heterocycles. The zero-order valence-electron chi connectivity index (χ0n) is 9.48. The first-order chi connectivity index (χ1) is 8.08. The molecular weight excluding hydrogens is 256 g/mol. The predicted molar refractivity (Wildman–Crippen MR) is 70.2 cm³/mol. The number of anilines is 1. The molecule has 90 valence electrons. The smallest absolute Gasteiger partial charge is 0.340 e. The number of hydrogen-bond donors (Lipinski definition) is 2. The van der Waals surface area contributed by atoms with Crippen LogP contribution in [0.25, 0.3) is 0 Å². The van der Waals surface area contributed by atoms with Gasteiger partial charge in [-0.25, -0.2) is 4.79 Å². The third-order valence-electron chi connectivity index (χ3n) is 2.30. The van der Waals surface area contributed by atoms with Gasteiger partial charge in [0.1, 0.15) is 10.6 Å². The monoisotopic (exact) mass is 268 g/mol. The van der Waals surface area contributed by atoms with Crippen molar-refractivity contribution >= 4 is 33.8 Å². The number of carboxylic acids is 1. The molecule has 17 heavy (non-hydrogen) atoms. The normalized spacial score (nSPS) is 10.5.